The lowest BCUT2D eigenvalue weighted by Gasteiger charge is -2.20. The largest absolute Gasteiger partial charge is 0.355 e. The molecule has 0 aromatic heterocycles. The van der Waals surface area contributed by atoms with Gasteiger partial charge in [-0.15, -0.1) is 0 Å². The third-order valence-corrected chi connectivity index (χ3v) is 2.82. The highest BCUT2D eigenvalue weighted by Crippen LogP contribution is 2.24. The predicted octanol–water partition coefficient (Wildman–Crippen LogP) is 2.91. The van der Waals surface area contributed by atoms with E-state index in [1.807, 2.05) is 12.1 Å². The SMILES string of the molecule is CCc1cc(C(C)(C)C)ccc1C(=O)NC. The van der Waals surface area contributed by atoms with Crippen molar-refractivity contribution in [2.45, 2.75) is 39.5 Å². The number of rotatable bonds is 2. The van der Waals surface area contributed by atoms with Crippen LogP contribution in [-0.2, 0) is 11.8 Å². The lowest BCUT2D eigenvalue weighted by atomic mass is 9.85. The van der Waals surface area contributed by atoms with Crippen LogP contribution in [0.5, 0.6) is 0 Å². The van der Waals surface area contributed by atoms with E-state index in [9.17, 15) is 4.79 Å². The molecule has 2 nitrogen and oxygen atoms in total. The number of benzene rings is 1. The molecule has 0 spiro atoms. The van der Waals surface area contributed by atoms with Gasteiger partial charge in [0.1, 0.15) is 0 Å². The Morgan fingerprint density at radius 1 is 1.31 bits per heavy atom. The van der Waals surface area contributed by atoms with Crippen LogP contribution in [0.25, 0.3) is 0 Å². The van der Waals surface area contributed by atoms with E-state index in [4.69, 9.17) is 0 Å². The highest BCUT2D eigenvalue weighted by atomic mass is 16.1. The molecular weight excluding hydrogens is 198 g/mol. The molecule has 0 bridgehead atoms. The van der Waals surface area contributed by atoms with Gasteiger partial charge in [-0.1, -0.05) is 39.8 Å². The summed E-state index contributed by atoms with van der Waals surface area (Å²) in [7, 11) is 1.67. The summed E-state index contributed by atoms with van der Waals surface area (Å²) >= 11 is 0. The van der Waals surface area contributed by atoms with Crippen molar-refractivity contribution in [3.8, 4) is 0 Å². The molecule has 0 radical (unpaired) electrons. The van der Waals surface area contributed by atoms with E-state index in [1.165, 1.54) is 5.56 Å². The van der Waals surface area contributed by atoms with Crippen molar-refractivity contribution >= 4 is 5.91 Å². The van der Waals surface area contributed by atoms with Crippen LogP contribution in [0.2, 0.25) is 0 Å². The van der Waals surface area contributed by atoms with Crippen molar-refractivity contribution in [3.05, 3.63) is 34.9 Å². The molecule has 2 heteroatoms. The molecule has 16 heavy (non-hydrogen) atoms. The fourth-order valence-corrected chi connectivity index (χ4v) is 1.71. The van der Waals surface area contributed by atoms with E-state index in [1.54, 1.807) is 7.05 Å². The van der Waals surface area contributed by atoms with Gasteiger partial charge in [-0.25, -0.2) is 0 Å². The average molecular weight is 219 g/mol. The molecule has 0 aliphatic rings. The summed E-state index contributed by atoms with van der Waals surface area (Å²) in [6.07, 6.45) is 0.882. The second-order valence-corrected chi connectivity index (χ2v) is 5.05. The predicted molar refractivity (Wildman–Crippen MR) is 67.9 cm³/mol. The van der Waals surface area contributed by atoms with Crippen LogP contribution < -0.4 is 5.32 Å². The van der Waals surface area contributed by atoms with Crippen molar-refractivity contribution < 1.29 is 4.79 Å². The molecule has 0 aliphatic carbocycles. The molecular formula is C14H21NO. The van der Waals surface area contributed by atoms with Crippen LogP contribution in [0, 0.1) is 0 Å². The van der Waals surface area contributed by atoms with Crippen LogP contribution in [0.3, 0.4) is 0 Å². The minimum atomic E-state index is -0.00249. The lowest BCUT2D eigenvalue weighted by Crippen LogP contribution is -2.20. The Labute approximate surface area is 98.1 Å². The highest BCUT2D eigenvalue weighted by molar-refractivity contribution is 5.95. The summed E-state index contributed by atoms with van der Waals surface area (Å²) in [5, 5.41) is 2.68. The summed E-state index contributed by atoms with van der Waals surface area (Å²) in [5.74, 6) is -0.00249. The lowest BCUT2D eigenvalue weighted by molar-refractivity contribution is 0.0962. The Hall–Kier alpha value is -1.31. The van der Waals surface area contributed by atoms with Gasteiger partial charge in [0.2, 0.25) is 0 Å². The van der Waals surface area contributed by atoms with Crippen molar-refractivity contribution in [1.82, 2.24) is 5.32 Å². The molecule has 0 aliphatic heterocycles. The summed E-state index contributed by atoms with van der Waals surface area (Å²) < 4.78 is 0. The van der Waals surface area contributed by atoms with Crippen molar-refractivity contribution in [1.29, 1.82) is 0 Å². The molecule has 1 aromatic carbocycles. The molecule has 1 rings (SSSR count). The average Bonchev–Trinajstić information content (AvgIpc) is 2.26. The number of carbonyl (C=O) groups is 1. The maximum absolute atomic E-state index is 11.6. The normalized spacial score (nSPS) is 11.3. The number of hydrogen-bond acceptors (Lipinski definition) is 1. The first kappa shape index (κ1) is 12.8. The molecule has 0 fully saturated rings. The van der Waals surface area contributed by atoms with Crippen molar-refractivity contribution in [3.63, 3.8) is 0 Å². The summed E-state index contributed by atoms with van der Waals surface area (Å²) in [4.78, 5) is 11.6. The number of amides is 1. The van der Waals surface area contributed by atoms with Gasteiger partial charge in [0.05, 0.1) is 0 Å². The minimum Gasteiger partial charge on any atom is -0.355 e. The first-order valence-electron chi connectivity index (χ1n) is 5.75. The van der Waals surface area contributed by atoms with E-state index in [0.29, 0.717) is 0 Å². The fraction of sp³-hybridized carbons (Fsp3) is 0.500. The molecule has 1 N–H and O–H groups in total. The maximum atomic E-state index is 11.6. The van der Waals surface area contributed by atoms with Crippen LogP contribution in [-0.4, -0.2) is 13.0 Å². The molecule has 1 amide bonds. The Kier molecular flexibility index (Phi) is 3.74. The van der Waals surface area contributed by atoms with E-state index < -0.39 is 0 Å². The Balaban J connectivity index is 3.22. The Bertz CT molecular complexity index is 388. The minimum absolute atomic E-state index is 0.00249. The summed E-state index contributed by atoms with van der Waals surface area (Å²) in [5.41, 5.74) is 3.31. The number of carbonyl (C=O) groups excluding carboxylic acids is 1. The Morgan fingerprint density at radius 2 is 1.94 bits per heavy atom. The quantitative estimate of drug-likeness (QED) is 0.814. The van der Waals surface area contributed by atoms with Crippen molar-refractivity contribution in [2.24, 2.45) is 0 Å². The zero-order chi connectivity index (χ0) is 12.3. The zero-order valence-electron chi connectivity index (χ0n) is 10.8. The van der Waals surface area contributed by atoms with Gasteiger partial charge in [-0.3, -0.25) is 4.79 Å². The van der Waals surface area contributed by atoms with Crippen LogP contribution in [0.4, 0.5) is 0 Å². The van der Waals surface area contributed by atoms with Gasteiger partial charge in [-0.2, -0.15) is 0 Å². The number of hydrogen-bond donors (Lipinski definition) is 1. The van der Waals surface area contributed by atoms with Gasteiger partial charge in [0.25, 0.3) is 5.91 Å². The molecule has 0 saturated heterocycles. The van der Waals surface area contributed by atoms with Gasteiger partial charge in [-0.05, 0) is 29.0 Å². The fourth-order valence-electron chi connectivity index (χ4n) is 1.71. The smallest absolute Gasteiger partial charge is 0.251 e. The molecule has 0 saturated carbocycles. The monoisotopic (exact) mass is 219 g/mol. The maximum Gasteiger partial charge on any atom is 0.251 e. The molecule has 0 heterocycles. The summed E-state index contributed by atoms with van der Waals surface area (Å²) in [6.45, 7) is 8.62. The molecule has 1 aromatic rings. The van der Waals surface area contributed by atoms with E-state index in [0.717, 1.165) is 17.5 Å². The van der Waals surface area contributed by atoms with Gasteiger partial charge < -0.3 is 5.32 Å². The Morgan fingerprint density at radius 3 is 2.38 bits per heavy atom. The third-order valence-electron chi connectivity index (χ3n) is 2.82. The van der Waals surface area contributed by atoms with Gasteiger partial charge >= 0.3 is 0 Å². The highest BCUT2D eigenvalue weighted by Gasteiger charge is 2.16. The summed E-state index contributed by atoms with van der Waals surface area (Å²) in [6, 6.07) is 6.12. The van der Waals surface area contributed by atoms with Gasteiger partial charge in [0, 0.05) is 12.6 Å². The van der Waals surface area contributed by atoms with E-state index in [2.05, 4.69) is 39.1 Å². The second-order valence-electron chi connectivity index (χ2n) is 5.05. The van der Waals surface area contributed by atoms with E-state index >= 15 is 0 Å². The van der Waals surface area contributed by atoms with Crippen molar-refractivity contribution in [2.75, 3.05) is 7.05 Å². The first-order valence-corrected chi connectivity index (χ1v) is 5.75. The standard InChI is InChI=1S/C14H21NO/c1-6-10-9-11(14(2,3)4)7-8-12(10)13(16)15-5/h7-9H,6H2,1-5H3,(H,15,16). The van der Waals surface area contributed by atoms with Crippen LogP contribution >= 0.6 is 0 Å². The zero-order valence-corrected chi connectivity index (χ0v) is 10.8. The second kappa shape index (κ2) is 4.69. The van der Waals surface area contributed by atoms with Crippen LogP contribution in [0.1, 0.15) is 49.2 Å². The first-order chi connectivity index (χ1) is 7.40. The number of nitrogens with one attached hydrogen (secondary N) is 1. The van der Waals surface area contributed by atoms with Gasteiger partial charge in [0.15, 0.2) is 0 Å². The third kappa shape index (κ3) is 2.63. The van der Waals surface area contributed by atoms with Crippen LogP contribution in [0.15, 0.2) is 18.2 Å². The molecule has 88 valence electrons. The molecule has 0 atom stereocenters. The van der Waals surface area contributed by atoms with E-state index in [-0.39, 0.29) is 11.3 Å². The topological polar surface area (TPSA) is 29.1 Å². The molecule has 0 unspecified atom stereocenters. The number of aryl methyl sites for hydroxylation is 1.